The summed E-state index contributed by atoms with van der Waals surface area (Å²) in [5, 5.41) is 15.1. The van der Waals surface area contributed by atoms with Crippen molar-refractivity contribution in [2.75, 3.05) is 23.4 Å². The average molecular weight is 406 g/mol. The lowest BCUT2D eigenvalue weighted by Gasteiger charge is -2.29. The molecule has 0 radical (unpaired) electrons. The van der Waals surface area contributed by atoms with Crippen molar-refractivity contribution in [2.45, 2.75) is 32.4 Å². The number of hydrogen-bond donors (Lipinski definition) is 1. The molecule has 0 amide bonds. The predicted molar refractivity (Wildman–Crippen MR) is 107 cm³/mol. The number of aryl methyl sites for hydroxylation is 1. The fourth-order valence-corrected chi connectivity index (χ4v) is 3.28. The molecule has 2 aromatic rings. The molecule has 0 atom stereocenters. The Morgan fingerprint density at radius 1 is 1.14 bits per heavy atom. The summed E-state index contributed by atoms with van der Waals surface area (Å²) in [6.45, 7) is 4.01. The van der Waals surface area contributed by atoms with Gasteiger partial charge >= 0.3 is 6.18 Å². The van der Waals surface area contributed by atoms with E-state index in [0.717, 1.165) is 42.0 Å². The highest BCUT2D eigenvalue weighted by Crippen LogP contribution is 2.35. The van der Waals surface area contributed by atoms with E-state index in [1.54, 1.807) is 0 Å². The summed E-state index contributed by atoms with van der Waals surface area (Å²) in [6, 6.07) is 8.25. The van der Waals surface area contributed by atoms with E-state index >= 15 is 0 Å². The molecule has 3 rings (SSSR count). The Bertz CT molecular complexity index is 922. The molecule has 1 aliphatic heterocycles. The van der Waals surface area contributed by atoms with Crippen molar-refractivity contribution in [1.82, 2.24) is 0 Å². The van der Waals surface area contributed by atoms with E-state index in [2.05, 4.69) is 21.5 Å². The summed E-state index contributed by atoms with van der Waals surface area (Å²) in [5.41, 5.74) is 3.54. The van der Waals surface area contributed by atoms with Gasteiger partial charge in [0.1, 0.15) is 5.69 Å². The predicted octanol–water partition coefficient (Wildman–Crippen LogP) is 5.36. The Balaban J connectivity index is 1.75. The number of nitrogens with zero attached hydrogens (tertiary/aromatic N) is 3. The smallest absolute Gasteiger partial charge is 0.372 e. The normalized spacial score (nSPS) is 15.0. The summed E-state index contributed by atoms with van der Waals surface area (Å²) in [4.78, 5) is 12.6. The molecule has 0 unspecified atom stereocenters. The van der Waals surface area contributed by atoms with Crippen LogP contribution in [0.5, 0.6) is 0 Å². The molecule has 0 aromatic heterocycles. The number of anilines is 2. The zero-order valence-corrected chi connectivity index (χ0v) is 15.9. The van der Waals surface area contributed by atoms with Crippen LogP contribution in [0.15, 0.2) is 41.5 Å². The van der Waals surface area contributed by atoms with E-state index in [9.17, 15) is 23.3 Å². The number of alkyl halides is 3. The Kier molecular flexibility index (Phi) is 6.05. The molecule has 0 spiro atoms. The molecule has 2 aromatic carbocycles. The first-order chi connectivity index (χ1) is 13.8. The van der Waals surface area contributed by atoms with Crippen LogP contribution in [-0.2, 0) is 6.18 Å². The van der Waals surface area contributed by atoms with Gasteiger partial charge in [0.05, 0.1) is 16.7 Å². The Labute approximate surface area is 166 Å². The fourth-order valence-electron chi connectivity index (χ4n) is 3.28. The summed E-state index contributed by atoms with van der Waals surface area (Å²) >= 11 is 0. The number of hydrazone groups is 1. The van der Waals surface area contributed by atoms with Crippen molar-refractivity contribution in [3.8, 4) is 0 Å². The van der Waals surface area contributed by atoms with Gasteiger partial charge in [-0.1, -0.05) is 6.07 Å². The van der Waals surface area contributed by atoms with Gasteiger partial charge in [0.2, 0.25) is 0 Å². The van der Waals surface area contributed by atoms with Gasteiger partial charge in [-0.2, -0.15) is 18.3 Å². The first-order valence-corrected chi connectivity index (χ1v) is 9.26. The average Bonchev–Trinajstić information content (AvgIpc) is 2.69. The van der Waals surface area contributed by atoms with Crippen molar-refractivity contribution in [1.29, 1.82) is 0 Å². The lowest BCUT2D eigenvalue weighted by Crippen LogP contribution is -2.29. The van der Waals surface area contributed by atoms with Crippen LogP contribution in [0.4, 0.5) is 30.2 Å². The number of nitrogens with one attached hydrogen (secondary N) is 1. The second-order valence-electron chi connectivity index (χ2n) is 6.95. The van der Waals surface area contributed by atoms with Crippen LogP contribution < -0.4 is 10.3 Å². The number of nitro benzene ring substituents is 1. The van der Waals surface area contributed by atoms with Gasteiger partial charge in [-0.3, -0.25) is 15.5 Å². The van der Waals surface area contributed by atoms with Crippen LogP contribution in [0.1, 0.15) is 36.0 Å². The third-order valence-electron chi connectivity index (χ3n) is 4.88. The van der Waals surface area contributed by atoms with Crippen LogP contribution in [0.2, 0.25) is 0 Å². The lowest BCUT2D eigenvalue weighted by molar-refractivity contribution is -0.384. The molecule has 1 saturated heterocycles. The van der Waals surface area contributed by atoms with E-state index < -0.39 is 22.4 Å². The topological polar surface area (TPSA) is 70.8 Å². The summed E-state index contributed by atoms with van der Waals surface area (Å²) in [5.74, 6) is 0. The molecule has 0 saturated carbocycles. The van der Waals surface area contributed by atoms with Crippen molar-refractivity contribution in [3.05, 3.63) is 63.2 Å². The van der Waals surface area contributed by atoms with Gasteiger partial charge < -0.3 is 4.90 Å². The maximum absolute atomic E-state index is 12.8. The van der Waals surface area contributed by atoms with Gasteiger partial charge in [0, 0.05) is 24.8 Å². The molecule has 1 N–H and O–H groups in total. The minimum atomic E-state index is -4.65. The lowest BCUT2D eigenvalue weighted by atomic mass is 10.1. The largest absolute Gasteiger partial charge is 0.416 e. The third kappa shape index (κ3) is 5.04. The molecular weight excluding hydrogens is 385 g/mol. The molecular formula is C20H21F3N4O2. The summed E-state index contributed by atoms with van der Waals surface area (Å²) < 4.78 is 38.3. The maximum atomic E-state index is 12.8. The number of rotatable bonds is 5. The van der Waals surface area contributed by atoms with Crippen molar-refractivity contribution >= 4 is 23.3 Å². The highest BCUT2D eigenvalue weighted by atomic mass is 19.4. The number of halogens is 3. The Morgan fingerprint density at radius 3 is 2.48 bits per heavy atom. The van der Waals surface area contributed by atoms with Crippen LogP contribution >= 0.6 is 0 Å². The van der Waals surface area contributed by atoms with Crippen LogP contribution in [0.3, 0.4) is 0 Å². The first-order valence-electron chi connectivity index (χ1n) is 9.26. The third-order valence-corrected chi connectivity index (χ3v) is 4.88. The zero-order valence-electron chi connectivity index (χ0n) is 15.9. The Hall–Kier alpha value is -3.10. The number of piperidine rings is 1. The monoisotopic (exact) mass is 406 g/mol. The van der Waals surface area contributed by atoms with E-state index in [1.165, 1.54) is 25.5 Å². The van der Waals surface area contributed by atoms with Gasteiger partial charge in [-0.25, -0.2) is 0 Å². The standard InChI is InChI=1S/C20H21F3N4O2/c1-14-11-17(26-9-3-2-4-10-26)7-5-15(14)13-24-25-18-8-6-16(20(21,22)23)12-19(18)27(28)29/h5-8,11-13,25H,2-4,9-10H2,1H3/b24-13-. The first kappa shape index (κ1) is 20.6. The highest BCUT2D eigenvalue weighted by Gasteiger charge is 2.33. The van der Waals surface area contributed by atoms with Gasteiger partial charge in [0.25, 0.3) is 5.69 Å². The maximum Gasteiger partial charge on any atom is 0.416 e. The van der Waals surface area contributed by atoms with Crippen molar-refractivity contribution < 1.29 is 18.1 Å². The van der Waals surface area contributed by atoms with E-state index in [1.807, 2.05) is 19.1 Å². The molecule has 6 nitrogen and oxygen atoms in total. The van der Waals surface area contributed by atoms with Crippen LogP contribution in [0, 0.1) is 17.0 Å². The molecule has 1 fully saturated rings. The summed E-state index contributed by atoms with van der Waals surface area (Å²) in [7, 11) is 0. The SMILES string of the molecule is Cc1cc(N2CCCCC2)ccc1/C=N\Nc1ccc(C(F)(F)F)cc1[N+](=O)[O-]. The minimum Gasteiger partial charge on any atom is -0.372 e. The van der Waals surface area contributed by atoms with Crippen molar-refractivity contribution in [3.63, 3.8) is 0 Å². The zero-order chi connectivity index (χ0) is 21.0. The number of hydrogen-bond acceptors (Lipinski definition) is 5. The fraction of sp³-hybridized carbons (Fsp3) is 0.350. The van der Waals surface area contributed by atoms with Gasteiger partial charge in [0.15, 0.2) is 0 Å². The van der Waals surface area contributed by atoms with Crippen LogP contribution in [0.25, 0.3) is 0 Å². The molecule has 29 heavy (non-hydrogen) atoms. The van der Waals surface area contributed by atoms with E-state index in [0.29, 0.717) is 6.07 Å². The quantitative estimate of drug-likeness (QED) is 0.412. The summed E-state index contributed by atoms with van der Waals surface area (Å²) in [6.07, 6.45) is 0.453. The van der Waals surface area contributed by atoms with Crippen molar-refractivity contribution in [2.24, 2.45) is 5.10 Å². The molecule has 1 heterocycles. The van der Waals surface area contributed by atoms with E-state index in [-0.39, 0.29) is 5.69 Å². The Morgan fingerprint density at radius 2 is 1.86 bits per heavy atom. The van der Waals surface area contributed by atoms with E-state index in [4.69, 9.17) is 0 Å². The minimum absolute atomic E-state index is 0.109. The molecule has 9 heteroatoms. The van der Waals surface area contributed by atoms with Crippen LogP contribution in [-0.4, -0.2) is 24.2 Å². The molecule has 154 valence electrons. The van der Waals surface area contributed by atoms with Gasteiger partial charge in [-0.15, -0.1) is 0 Å². The highest BCUT2D eigenvalue weighted by molar-refractivity contribution is 5.83. The molecule has 1 aliphatic rings. The number of benzene rings is 2. The molecule has 0 bridgehead atoms. The molecule has 0 aliphatic carbocycles. The second-order valence-corrected chi connectivity index (χ2v) is 6.95. The van der Waals surface area contributed by atoms with Gasteiger partial charge in [-0.05, 0) is 61.6 Å². The second kappa shape index (κ2) is 8.50. The number of nitro groups is 1.